The molecule has 21 heavy (non-hydrogen) atoms. The Morgan fingerprint density at radius 3 is 2.48 bits per heavy atom. The molecule has 1 aliphatic heterocycles. The maximum atomic E-state index is 4.42. The highest BCUT2D eigenvalue weighted by molar-refractivity contribution is 5.37. The van der Waals surface area contributed by atoms with Gasteiger partial charge in [0.2, 0.25) is 0 Å². The fourth-order valence-corrected chi connectivity index (χ4v) is 2.56. The van der Waals surface area contributed by atoms with Crippen molar-refractivity contribution in [3.8, 4) is 11.8 Å². The van der Waals surface area contributed by atoms with Gasteiger partial charge in [0.1, 0.15) is 12.4 Å². The van der Waals surface area contributed by atoms with E-state index in [9.17, 15) is 0 Å². The number of anilines is 1. The van der Waals surface area contributed by atoms with Crippen LogP contribution in [0.25, 0.3) is 0 Å². The van der Waals surface area contributed by atoms with Crippen molar-refractivity contribution in [3.05, 3.63) is 60.3 Å². The van der Waals surface area contributed by atoms with Gasteiger partial charge in [-0.2, -0.15) is 0 Å². The molecule has 1 fully saturated rings. The molecule has 0 unspecified atom stereocenters. The highest BCUT2D eigenvalue weighted by Gasteiger charge is 2.19. The van der Waals surface area contributed by atoms with Crippen molar-refractivity contribution < 1.29 is 4.90 Å². The van der Waals surface area contributed by atoms with Crippen LogP contribution < -0.4 is 9.80 Å². The van der Waals surface area contributed by atoms with E-state index in [1.807, 2.05) is 36.5 Å². The van der Waals surface area contributed by atoms with E-state index in [1.165, 1.54) is 0 Å². The van der Waals surface area contributed by atoms with Gasteiger partial charge in [-0.05, 0) is 30.2 Å². The fraction of sp³-hybridized carbons (Fsp3) is 0.278. The molecule has 1 aromatic carbocycles. The number of benzene rings is 1. The minimum absolute atomic E-state index is 0.922. The van der Waals surface area contributed by atoms with Gasteiger partial charge in [0.25, 0.3) is 0 Å². The summed E-state index contributed by atoms with van der Waals surface area (Å²) in [6.45, 7) is 5.28. The third-order valence-electron chi connectivity index (χ3n) is 3.79. The maximum absolute atomic E-state index is 4.42. The van der Waals surface area contributed by atoms with Crippen molar-refractivity contribution in [1.82, 2.24) is 4.98 Å². The lowest BCUT2D eigenvalue weighted by Gasteiger charge is -2.31. The minimum atomic E-state index is 0.922. The van der Waals surface area contributed by atoms with Crippen molar-refractivity contribution in [3.63, 3.8) is 0 Å². The van der Waals surface area contributed by atoms with Gasteiger partial charge in [0.05, 0.1) is 26.2 Å². The molecule has 106 valence electrons. The summed E-state index contributed by atoms with van der Waals surface area (Å²) in [5.74, 6) is 7.63. The molecule has 0 aliphatic carbocycles. The van der Waals surface area contributed by atoms with Crippen LogP contribution in [-0.2, 0) is 0 Å². The molecule has 1 aromatic heterocycles. The van der Waals surface area contributed by atoms with Crippen LogP contribution in [0.2, 0.25) is 0 Å². The van der Waals surface area contributed by atoms with Crippen LogP contribution in [0.3, 0.4) is 0 Å². The summed E-state index contributed by atoms with van der Waals surface area (Å²) in [5, 5.41) is 0. The SMILES string of the molecule is C(#Cc1ccccc1)C[NH+]1CCN(c2ccccn2)CC1. The number of quaternary nitrogens is 1. The van der Waals surface area contributed by atoms with Crippen LogP contribution in [0.5, 0.6) is 0 Å². The smallest absolute Gasteiger partial charge is 0.139 e. The second kappa shape index (κ2) is 6.92. The molecule has 0 radical (unpaired) electrons. The molecule has 2 heterocycles. The zero-order chi connectivity index (χ0) is 14.3. The highest BCUT2D eigenvalue weighted by Crippen LogP contribution is 2.08. The van der Waals surface area contributed by atoms with Gasteiger partial charge < -0.3 is 9.80 Å². The second-order valence-corrected chi connectivity index (χ2v) is 5.27. The molecule has 3 nitrogen and oxygen atoms in total. The number of hydrogen-bond acceptors (Lipinski definition) is 2. The quantitative estimate of drug-likeness (QED) is 0.822. The number of nitrogens with zero attached hydrogens (tertiary/aromatic N) is 2. The normalized spacial score (nSPS) is 15.3. The standard InChI is InChI=1S/C18H19N3/c1-2-7-17(8-3-1)9-6-12-20-13-15-21(16-14-20)18-10-4-5-11-19-18/h1-5,7-8,10-11H,12-16H2/p+1. The molecule has 3 heteroatoms. The van der Waals surface area contributed by atoms with E-state index in [0.29, 0.717) is 0 Å². The Morgan fingerprint density at radius 2 is 1.76 bits per heavy atom. The van der Waals surface area contributed by atoms with Crippen LogP contribution in [0.15, 0.2) is 54.7 Å². The Hall–Kier alpha value is -2.31. The first-order valence-electron chi connectivity index (χ1n) is 7.45. The monoisotopic (exact) mass is 278 g/mol. The van der Waals surface area contributed by atoms with Crippen molar-refractivity contribution in [2.24, 2.45) is 0 Å². The summed E-state index contributed by atoms with van der Waals surface area (Å²) < 4.78 is 0. The van der Waals surface area contributed by atoms with Crippen molar-refractivity contribution in [2.75, 3.05) is 37.6 Å². The predicted octanol–water partition coefficient (Wildman–Crippen LogP) is 0.838. The molecule has 0 atom stereocenters. The molecule has 0 bridgehead atoms. The first-order valence-corrected chi connectivity index (χ1v) is 7.45. The highest BCUT2D eigenvalue weighted by atomic mass is 15.3. The van der Waals surface area contributed by atoms with Gasteiger partial charge in [-0.15, -0.1) is 0 Å². The van der Waals surface area contributed by atoms with Crippen LogP contribution in [0.4, 0.5) is 5.82 Å². The van der Waals surface area contributed by atoms with Gasteiger partial charge in [-0.25, -0.2) is 4.98 Å². The number of rotatable bonds is 2. The molecule has 0 amide bonds. The number of aromatic nitrogens is 1. The van der Waals surface area contributed by atoms with Gasteiger partial charge in [-0.1, -0.05) is 30.2 Å². The Labute approximate surface area is 126 Å². The lowest BCUT2D eigenvalue weighted by Crippen LogP contribution is -3.14. The molecular formula is C18H20N3+. The molecule has 1 N–H and O–H groups in total. The van der Waals surface area contributed by atoms with Crippen molar-refractivity contribution in [1.29, 1.82) is 0 Å². The number of nitrogens with one attached hydrogen (secondary N) is 1. The van der Waals surface area contributed by atoms with Gasteiger partial charge >= 0.3 is 0 Å². The number of hydrogen-bond donors (Lipinski definition) is 1. The number of piperazine rings is 1. The summed E-state index contributed by atoms with van der Waals surface area (Å²) in [6.07, 6.45) is 1.86. The maximum Gasteiger partial charge on any atom is 0.139 e. The Morgan fingerprint density at radius 1 is 1.00 bits per heavy atom. The van der Waals surface area contributed by atoms with Gasteiger partial charge in [0, 0.05) is 11.8 Å². The van der Waals surface area contributed by atoms with Crippen molar-refractivity contribution >= 4 is 5.82 Å². The Bertz CT molecular complexity index is 605. The van der Waals surface area contributed by atoms with E-state index in [-0.39, 0.29) is 0 Å². The minimum Gasteiger partial charge on any atom is -0.345 e. The topological polar surface area (TPSA) is 20.6 Å². The summed E-state index contributed by atoms with van der Waals surface area (Å²) >= 11 is 0. The molecule has 1 aliphatic rings. The summed E-state index contributed by atoms with van der Waals surface area (Å²) in [7, 11) is 0. The van der Waals surface area contributed by atoms with Crippen molar-refractivity contribution in [2.45, 2.75) is 0 Å². The summed E-state index contributed by atoms with van der Waals surface area (Å²) in [4.78, 5) is 8.33. The zero-order valence-corrected chi connectivity index (χ0v) is 12.1. The molecule has 0 saturated carbocycles. The lowest BCUT2D eigenvalue weighted by molar-refractivity contribution is -0.893. The van der Waals surface area contributed by atoms with E-state index in [0.717, 1.165) is 44.1 Å². The first kappa shape index (κ1) is 13.7. The van der Waals surface area contributed by atoms with Crippen LogP contribution >= 0.6 is 0 Å². The van der Waals surface area contributed by atoms with E-state index < -0.39 is 0 Å². The average Bonchev–Trinajstić information content (AvgIpc) is 2.57. The molecule has 1 saturated heterocycles. The van der Waals surface area contributed by atoms with E-state index in [1.54, 1.807) is 4.90 Å². The van der Waals surface area contributed by atoms with Gasteiger partial charge in [-0.3, -0.25) is 0 Å². The van der Waals surface area contributed by atoms with Crippen LogP contribution in [0.1, 0.15) is 5.56 Å². The van der Waals surface area contributed by atoms with Crippen LogP contribution in [-0.4, -0.2) is 37.7 Å². The lowest BCUT2D eigenvalue weighted by atomic mass is 10.2. The summed E-state index contributed by atoms with van der Waals surface area (Å²) in [6, 6.07) is 16.3. The van der Waals surface area contributed by atoms with Gasteiger partial charge in [0.15, 0.2) is 0 Å². The Kier molecular flexibility index (Phi) is 4.50. The molecule has 0 spiro atoms. The second-order valence-electron chi connectivity index (χ2n) is 5.27. The fourth-order valence-electron chi connectivity index (χ4n) is 2.56. The molecular weight excluding hydrogens is 258 g/mol. The third-order valence-corrected chi connectivity index (χ3v) is 3.79. The Balaban J connectivity index is 1.49. The summed E-state index contributed by atoms with van der Waals surface area (Å²) in [5.41, 5.74) is 1.10. The zero-order valence-electron chi connectivity index (χ0n) is 12.1. The largest absolute Gasteiger partial charge is 0.345 e. The predicted molar refractivity (Wildman–Crippen MR) is 85.3 cm³/mol. The third kappa shape index (κ3) is 3.84. The number of pyridine rings is 1. The average molecular weight is 278 g/mol. The molecule has 3 rings (SSSR count). The first-order chi connectivity index (χ1) is 10.4. The molecule has 2 aromatic rings. The van der Waals surface area contributed by atoms with Crippen LogP contribution in [0, 0.1) is 11.8 Å². The van der Waals surface area contributed by atoms with E-state index in [2.05, 4.69) is 39.9 Å². The van der Waals surface area contributed by atoms with E-state index in [4.69, 9.17) is 0 Å². The van der Waals surface area contributed by atoms with E-state index >= 15 is 0 Å².